The van der Waals surface area contributed by atoms with Crippen LogP contribution in [0.25, 0.3) is 0 Å². The Morgan fingerprint density at radius 1 is 1.30 bits per heavy atom. The molecule has 0 radical (unpaired) electrons. The fraction of sp³-hybridized carbons (Fsp3) is 0.875. The Morgan fingerprint density at radius 2 is 1.96 bits per heavy atom. The van der Waals surface area contributed by atoms with Crippen LogP contribution in [0.2, 0.25) is 25.2 Å². The molecule has 1 rings (SSSR count). The summed E-state index contributed by atoms with van der Waals surface area (Å²) in [7, 11) is -1.21. The lowest BCUT2D eigenvalue weighted by Gasteiger charge is -2.24. The summed E-state index contributed by atoms with van der Waals surface area (Å²) in [5.41, 5.74) is -0.502. The van der Waals surface area contributed by atoms with E-state index < -0.39 is 13.7 Å². The van der Waals surface area contributed by atoms with Crippen LogP contribution >= 0.6 is 0 Å². The van der Waals surface area contributed by atoms with E-state index >= 15 is 0 Å². The second kappa shape index (κ2) is 8.03. The maximum atomic E-state index is 12.0. The number of nitrogens with one attached hydrogen (secondary N) is 1. The Hall–Kier alpha value is -1.24. The number of hydrogen-bond acceptors (Lipinski definition) is 4. The summed E-state index contributed by atoms with van der Waals surface area (Å²) in [6.07, 6.45) is 0.0107. The quantitative estimate of drug-likeness (QED) is 0.776. The zero-order chi connectivity index (χ0) is 17.7. The summed E-state index contributed by atoms with van der Waals surface area (Å²) in [5.74, 6) is 0. The number of carbonyl (C=O) groups excluding carboxylic acids is 2. The van der Waals surface area contributed by atoms with E-state index in [9.17, 15) is 9.59 Å². The van der Waals surface area contributed by atoms with Gasteiger partial charge in [0.05, 0.1) is 20.7 Å². The van der Waals surface area contributed by atoms with Crippen molar-refractivity contribution in [3.8, 4) is 0 Å². The fourth-order valence-corrected chi connectivity index (χ4v) is 3.18. The lowest BCUT2D eigenvalue weighted by Crippen LogP contribution is -2.40. The Balaban J connectivity index is 2.29. The molecule has 1 atom stereocenters. The number of alkyl carbamates (subject to hydrolysis) is 1. The molecule has 1 fully saturated rings. The molecule has 6 nitrogen and oxygen atoms in total. The van der Waals surface area contributed by atoms with Crippen molar-refractivity contribution in [2.45, 2.75) is 70.9 Å². The maximum Gasteiger partial charge on any atom is 0.410 e. The minimum Gasteiger partial charge on any atom is -0.450 e. The van der Waals surface area contributed by atoms with Gasteiger partial charge in [0.25, 0.3) is 0 Å². The molecule has 1 aliphatic heterocycles. The van der Waals surface area contributed by atoms with Gasteiger partial charge in [0.15, 0.2) is 0 Å². The minimum atomic E-state index is -1.21. The van der Waals surface area contributed by atoms with Crippen LogP contribution in [0.1, 0.15) is 34.1 Å². The highest BCUT2D eigenvalue weighted by Gasteiger charge is 2.30. The zero-order valence-electron chi connectivity index (χ0n) is 15.4. The first-order valence-electron chi connectivity index (χ1n) is 8.43. The van der Waals surface area contributed by atoms with Crippen molar-refractivity contribution in [2.75, 3.05) is 19.7 Å². The maximum absolute atomic E-state index is 12.0. The monoisotopic (exact) mass is 344 g/mol. The van der Waals surface area contributed by atoms with E-state index in [4.69, 9.17) is 9.47 Å². The number of rotatable bonds is 5. The topological polar surface area (TPSA) is 67.9 Å². The van der Waals surface area contributed by atoms with Crippen LogP contribution in [-0.2, 0) is 9.47 Å². The third kappa shape index (κ3) is 7.72. The second-order valence-electron chi connectivity index (χ2n) is 7.96. The first-order chi connectivity index (χ1) is 10.5. The van der Waals surface area contributed by atoms with Crippen molar-refractivity contribution < 1.29 is 19.1 Å². The number of nitrogens with zero attached hydrogens (tertiary/aromatic N) is 1. The average molecular weight is 345 g/mol. The molecule has 0 aromatic heterocycles. The van der Waals surface area contributed by atoms with Crippen molar-refractivity contribution in [3.63, 3.8) is 0 Å². The summed E-state index contributed by atoms with van der Waals surface area (Å²) >= 11 is 0. The van der Waals surface area contributed by atoms with Crippen LogP contribution in [0.5, 0.6) is 0 Å². The predicted molar refractivity (Wildman–Crippen MR) is 93.5 cm³/mol. The van der Waals surface area contributed by atoms with Gasteiger partial charge >= 0.3 is 12.2 Å². The lowest BCUT2D eigenvalue weighted by atomic mass is 10.2. The van der Waals surface area contributed by atoms with Gasteiger partial charge in [-0.05, 0) is 33.2 Å². The highest BCUT2D eigenvalue weighted by molar-refractivity contribution is 6.77. The van der Waals surface area contributed by atoms with Crippen molar-refractivity contribution >= 4 is 20.3 Å². The highest BCUT2D eigenvalue weighted by Crippen LogP contribution is 2.16. The predicted octanol–water partition coefficient (Wildman–Crippen LogP) is 3.45. The van der Waals surface area contributed by atoms with E-state index in [1.807, 2.05) is 20.8 Å². The molecule has 23 heavy (non-hydrogen) atoms. The van der Waals surface area contributed by atoms with Crippen LogP contribution < -0.4 is 5.32 Å². The van der Waals surface area contributed by atoms with Gasteiger partial charge in [-0.2, -0.15) is 0 Å². The summed E-state index contributed by atoms with van der Waals surface area (Å²) in [6.45, 7) is 13.8. The first kappa shape index (κ1) is 19.8. The number of carbonyl (C=O) groups is 2. The van der Waals surface area contributed by atoms with Crippen molar-refractivity contribution in [2.24, 2.45) is 0 Å². The third-order valence-electron chi connectivity index (χ3n) is 4.13. The zero-order valence-corrected chi connectivity index (χ0v) is 16.4. The van der Waals surface area contributed by atoms with Gasteiger partial charge in [0, 0.05) is 13.1 Å². The molecule has 1 saturated heterocycles. The molecule has 2 amide bonds. The Labute approximate surface area is 140 Å². The molecule has 7 heteroatoms. The Morgan fingerprint density at radius 3 is 2.52 bits per heavy atom. The molecule has 134 valence electrons. The number of ether oxygens (including phenoxy) is 2. The van der Waals surface area contributed by atoms with Crippen LogP contribution in [0.15, 0.2) is 0 Å². The normalized spacial score (nSPS) is 18.7. The van der Waals surface area contributed by atoms with E-state index in [1.54, 1.807) is 4.90 Å². The number of hydrogen-bond donors (Lipinski definition) is 1. The largest absolute Gasteiger partial charge is 0.450 e. The first-order valence-corrected chi connectivity index (χ1v) is 11.8. The van der Waals surface area contributed by atoms with Crippen LogP contribution in [0, 0.1) is 0 Å². The van der Waals surface area contributed by atoms with Crippen LogP contribution in [0.4, 0.5) is 9.59 Å². The van der Waals surface area contributed by atoms with Crippen molar-refractivity contribution in [3.05, 3.63) is 0 Å². The van der Waals surface area contributed by atoms with Crippen molar-refractivity contribution in [1.82, 2.24) is 10.2 Å². The van der Waals surface area contributed by atoms with Gasteiger partial charge in [-0.3, -0.25) is 0 Å². The number of likely N-dealkylation sites (tertiary alicyclic amines) is 1. The molecule has 0 aromatic carbocycles. The molecule has 0 aromatic rings. The van der Waals surface area contributed by atoms with Crippen molar-refractivity contribution in [1.29, 1.82) is 0 Å². The molecule has 1 unspecified atom stereocenters. The highest BCUT2D eigenvalue weighted by atomic mass is 28.3. The average Bonchev–Trinajstić information content (AvgIpc) is 2.85. The van der Waals surface area contributed by atoms with Crippen LogP contribution in [0.3, 0.4) is 0 Å². The van der Waals surface area contributed by atoms with Gasteiger partial charge in [-0.1, -0.05) is 26.1 Å². The molecular formula is C16H32N2O4Si. The van der Waals surface area contributed by atoms with Gasteiger partial charge in [-0.15, -0.1) is 0 Å². The van der Waals surface area contributed by atoms with Gasteiger partial charge in [-0.25, -0.2) is 9.59 Å². The van der Waals surface area contributed by atoms with E-state index in [1.165, 1.54) is 6.04 Å². The molecule has 0 spiro atoms. The smallest absolute Gasteiger partial charge is 0.410 e. The third-order valence-corrected chi connectivity index (χ3v) is 7.60. The molecule has 0 bridgehead atoms. The molecule has 0 saturated carbocycles. The van der Waals surface area contributed by atoms with Gasteiger partial charge in [0.1, 0.15) is 5.60 Å². The van der Waals surface area contributed by atoms with E-state index in [2.05, 4.69) is 25.3 Å². The standard InChI is InChI=1S/C16H32N2O4Si/c1-7-23(5,6)11-10-21-14(19)17-13-8-9-18(12-13)15(20)22-16(2,3)4/h13H,7-12H2,1-6H3,(H,17,19). The van der Waals surface area contributed by atoms with Crippen LogP contribution in [-0.4, -0.2) is 56.5 Å². The van der Waals surface area contributed by atoms with E-state index in [0.29, 0.717) is 19.7 Å². The summed E-state index contributed by atoms with van der Waals surface area (Å²) < 4.78 is 10.6. The Bertz CT molecular complexity index is 421. The minimum absolute atomic E-state index is 0.0635. The lowest BCUT2D eigenvalue weighted by molar-refractivity contribution is 0.0290. The van der Waals surface area contributed by atoms with E-state index in [0.717, 1.165) is 12.5 Å². The number of amides is 2. The van der Waals surface area contributed by atoms with Gasteiger partial charge in [0.2, 0.25) is 0 Å². The molecule has 1 aliphatic rings. The fourth-order valence-electron chi connectivity index (χ4n) is 2.18. The summed E-state index contributed by atoms with van der Waals surface area (Å²) in [5, 5.41) is 2.84. The summed E-state index contributed by atoms with van der Waals surface area (Å²) in [6, 6.07) is 2.10. The Kier molecular flexibility index (Phi) is 6.92. The molecule has 1 heterocycles. The molecular weight excluding hydrogens is 312 g/mol. The van der Waals surface area contributed by atoms with Gasteiger partial charge < -0.3 is 19.7 Å². The van der Waals surface area contributed by atoms with E-state index in [-0.39, 0.29) is 18.2 Å². The SMILES string of the molecule is CC[Si](C)(C)CCOC(=O)NC1CCN(C(=O)OC(C)(C)C)C1. The molecule has 0 aliphatic carbocycles. The second-order valence-corrected chi connectivity index (χ2v) is 13.5. The molecule has 1 N–H and O–H groups in total. The summed E-state index contributed by atoms with van der Waals surface area (Å²) in [4.78, 5) is 25.4.